The first-order valence-electron chi connectivity index (χ1n) is 11.8. The second kappa shape index (κ2) is 9.41. The SMILES string of the molecule is N#Cc1c(-c2ccccc2)cc(-c2ccccc2)nc1SC1CC(=O)N(c2ccc3cc[nH]c3c2)C1=O. The van der Waals surface area contributed by atoms with Crippen molar-refractivity contribution >= 4 is 40.2 Å². The summed E-state index contributed by atoms with van der Waals surface area (Å²) in [5.74, 6) is -0.576. The number of aromatic amines is 1. The molecule has 0 saturated carbocycles. The summed E-state index contributed by atoms with van der Waals surface area (Å²) in [6.45, 7) is 0. The molecule has 7 heteroatoms. The van der Waals surface area contributed by atoms with Crippen molar-refractivity contribution in [3.63, 3.8) is 0 Å². The third kappa shape index (κ3) is 4.18. The number of nitrogens with zero attached hydrogens (tertiary/aromatic N) is 3. The van der Waals surface area contributed by atoms with Crippen LogP contribution in [0.4, 0.5) is 5.69 Å². The number of imide groups is 1. The van der Waals surface area contributed by atoms with Crippen molar-refractivity contribution in [2.75, 3.05) is 4.90 Å². The van der Waals surface area contributed by atoms with Gasteiger partial charge < -0.3 is 4.98 Å². The van der Waals surface area contributed by atoms with Crippen LogP contribution in [0.15, 0.2) is 102 Å². The van der Waals surface area contributed by atoms with Crippen molar-refractivity contribution in [1.29, 1.82) is 5.26 Å². The third-order valence-corrected chi connectivity index (χ3v) is 7.58. The van der Waals surface area contributed by atoms with Gasteiger partial charge in [-0.15, -0.1) is 0 Å². The van der Waals surface area contributed by atoms with Crippen LogP contribution in [0.2, 0.25) is 0 Å². The van der Waals surface area contributed by atoms with Gasteiger partial charge >= 0.3 is 0 Å². The lowest BCUT2D eigenvalue weighted by molar-refractivity contribution is -0.121. The molecule has 1 saturated heterocycles. The van der Waals surface area contributed by atoms with Crippen molar-refractivity contribution in [3.05, 3.63) is 103 Å². The van der Waals surface area contributed by atoms with Gasteiger partial charge in [-0.25, -0.2) is 9.88 Å². The maximum Gasteiger partial charge on any atom is 0.247 e. The Morgan fingerprint density at radius 3 is 2.38 bits per heavy atom. The number of fused-ring (bicyclic) bond motifs is 1. The quantitative estimate of drug-likeness (QED) is 0.291. The number of hydrogen-bond donors (Lipinski definition) is 1. The molecule has 3 aromatic carbocycles. The number of benzene rings is 3. The molecule has 5 aromatic rings. The van der Waals surface area contributed by atoms with Crippen LogP contribution in [0, 0.1) is 11.3 Å². The molecule has 0 radical (unpaired) electrons. The molecule has 3 heterocycles. The van der Waals surface area contributed by atoms with E-state index in [1.54, 1.807) is 12.1 Å². The van der Waals surface area contributed by atoms with E-state index in [2.05, 4.69) is 11.1 Å². The van der Waals surface area contributed by atoms with Gasteiger partial charge in [0.1, 0.15) is 11.1 Å². The molecule has 1 unspecified atom stereocenters. The van der Waals surface area contributed by atoms with Gasteiger partial charge in [0.25, 0.3) is 0 Å². The molecular weight excluding hydrogens is 480 g/mol. The average molecular weight is 501 g/mol. The Morgan fingerprint density at radius 1 is 0.919 bits per heavy atom. The first kappa shape index (κ1) is 22.8. The minimum Gasteiger partial charge on any atom is -0.361 e. The maximum absolute atomic E-state index is 13.5. The summed E-state index contributed by atoms with van der Waals surface area (Å²) >= 11 is 1.18. The summed E-state index contributed by atoms with van der Waals surface area (Å²) < 4.78 is 0. The van der Waals surface area contributed by atoms with E-state index in [-0.39, 0.29) is 18.2 Å². The molecule has 1 aliphatic heterocycles. The van der Waals surface area contributed by atoms with E-state index in [0.717, 1.165) is 27.6 Å². The van der Waals surface area contributed by atoms with Crippen LogP contribution in [0.5, 0.6) is 0 Å². The fourth-order valence-corrected chi connectivity index (χ4v) is 5.72. The van der Waals surface area contributed by atoms with Crippen molar-refractivity contribution in [1.82, 2.24) is 9.97 Å². The number of thioether (sulfide) groups is 1. The van der Waals surface area contributed by atoms with Crippen LogP contribution in [0.25, 0.3) is 33.3 Å². The van der Waals surface area contributed by atoms with E-state index in [0.29, 0.717) is 22.0 Å². The van der Waals surface area contributed by atoms with Gasteiger partial charge in [0.15, 0.2) is 0 Å². The average Bonchev–Trinajstić information content (AvgIpc) is 3.52. The van der Waals surface area contributed by atoms with Gasteiger partial charge in [-0.05, 0) is 35.2 Å². The Hall–Kier alpha value is -4.67. The molecule has 0 bridgehead atoms. The third-order valence-electron chi connectivity index (χ3n) is 6.41. The molecule has 2 amide bonds. The molecule has 178 valence electrons. The molecule has 1 N–H and O–H groups in total. The summed E-state index contributed by atoms with van der Waals surface area (Å²) in [6, 6.07) is 31.0. The molecule has 1 aliphatic rings. The van der Waals surface area contributed by atoms with Crippen LogP contribution >= 0.6 is 11.8 Å². The lowest BCUT2D eigenvalue weighted by Crippen LogP contribution is -2.31. The van der Waals surface area contributed by atoms with E-state index in [1.807, 2.05) is 85.1 Å². The van der Waals surface area contributed by atoms with Gasteiger partial charge in [-0.2, -0.15) is 5.26 Å². The molecule has 6 rings (SSSR count). The Labute approximate surface area is 217 Å². The predicted octanol–water partition coefficient (Wildman–Crippen LogP) is 6.19. The van der Waals surface area contributed by atoms with E-state index in [1.165, 1.54) is 16.7 Å². The number of carbonyl (C=O) groups excluding carboxylic acids is 2. The summed E-state index contributed by atoms with van der Waals surface area (Å²) in [7, 11) is 0. The minimum absolute atomic E-state index is 0.0368. The normalized spacial score (nSPS) is 15.3. The van der Waals surface area contributed by atoms with Crippen LogP contribution in [0.1, 0.15) is 12.0 Å². The Kier molecular flexibility index (Phi) is 5.79. The number of rotatable bonds is 5. The van der Waals surface area contributed by atoms with Gasteiger partial charge in [-0.3, -0.25) is 9.59 Å². The number of aromatic nitrogens is 2. The molecule has 2 aromatic heterocycles. The van der Waals surface area contributed by atoms with Crippen LogP contribution in [-0.4, -0.2) is 27.0 Å². The number of H-pyrrole nitrogens is 1. The van der Waals surface area contributed by atoms with Crippen molar-refractivity contribution in [3.8, 4) is 28.5 Å². The highest BCUT2D eigenvalue weighted by atomic mass is 32.2. The number of carbonyl (C=O) groups is 2. The smallest absolute Gasteiger partial charge is 0.247 e. The zero-order valence-electron chi connectivity index (χ0n) is 19.6. The summed E-state index contributed by atoms with van der Waals surface area (Å²) in [6.07, 6.45) is 1.86. The largest absolute Gasteiger partial charge is 0.361 e. The molecular formula is C30H20N4O2S. The van der Waals surface area contributed by atoms with Gasteiger partial charge in [-0.1, -0.05) is 78.5 Å². The predicted molar refractivity (Wildman–Crippen MR) is 145 cm³/mol. The number of pyridine rings is 1. The highest BCUT2D eigenvalue weighted by molar-refractivity contribution is 8.00. The number of nitriles is 1. The highest BCUT2D eigenvalue weighted by Gasteiger charge is 2.41. The molecule has 37 heavy (non-hydrogen) atoms. The topological polar surface area (TPSA) is 89.8 Å². The second-order valence-electron chi connectivity index (χ2n) is 8.71. The zero-order valence-corrected chi connectivity index (χ0v) is 20.4. The van der Waals surface area contributed by atoms with Crippen LogP contribution < -0.4 is 4.90 Å². The number of amides is 2. The Morgan fingerprint density at radius 2 is 1.65 bits per heavy atom. The molecule has 0 spiro atoms. The highest BCUT2D eigenvalue weighted by Crippen LogP contribution is 2.39. The lowest BCUT2D eigenvalue weighted by Gasteiger charge is -2.16. The zero-order chi connectivity index (χ0) is 25.4. The van der Waals surface area contributed by atoms with Crippen molar-refractivity contribution in [2.24, 2.45) is 0 Å². The van der Waals surface area contributed by atoms with Crippen molar-refractivity contribution < 1.29 is 9.59 Å². The molecule has 1 fully saturated rings. The Balaban J connectivity index is 1.40. The number of nitrogens with one attached hydrogen (secondary N) is 1. The first-order valence-corrected chi connectivity index (χ1v) is 12.7. The fraction of sp³-hybridized carbons (Fsp3) is 0.0667. The van der Waals surface area contributed by atoms with E-state index < -0.39 is 5.25 Å². The second-order valence-corrected chi connectivity index (χ2v) is 9.90. The van der Waals surface area contributed by atoms with E-state index in [4.69, 9.17) is 4.98 Å². The van der Waals surface area contributed by atoms with Gasteiger partial charge in [0.2, 0.25) is 11.8 Å². The molecule has 1 atom stereocenters. The van der Waals surface area contributed by atoms with Gasteiger partial charge in [0.05, 0.1) is 22.2 Å². The van der Waals surface area contributed by atoms with E-state index >= 15 is 0 Å². The lowest BCUT2D eigenvalue weighted by atomic mass is 9.99. The summed E-state index contributed by atoms with van der Waals surface area (Å²) in [5, 5.41) is 10.9. The van der Waals surface area contributed by atoms with E-state index in [9.17, 15) is 14.9 Å². The van der Waals surface area contributed by atoms with Crippen LogP contribution in [0.3, 0.4) is 0 Å². The standard InChI is InChI=1S/C30H20N4O2S/c31-18-24-23(19-7-3-1-4-8-19)16-26(20-9-5-2-6-10-20)33-29(24)37-27-17-28(35)34(30(27)36)22-12-11-21-13-14-32-25(21)15-22/h1-16,27,32H,17H2. The Bertz CT molecular complexity index is 1690. The van der Waals surface area contributed by atoms with Gasteiger partial charge in [0, 0.05) is 29.3 Å². The van der Waals surface area contributed by atoms with Crippen molar-refractivity contribution in [2.45, 2.75) is 16.7 Å². The summed E-state index contributed by atoms with van der Waals surface area (Å²) in [4.78, 5) is 35.6. The molecule has 0 aliphatic carbocycles. The summed E-state index contributed by atoms with van der Waals surface area (Å²) in [5.41, 5.74) is 5.01. The number of hydrogen-bond acceptors (Lipinski definition) is 5. The minimum atomic E-state index is -0.680. The molecule has 6 nitrogen and oxygen atoms in total. The fourth-order valence-electron chi connectivity index (χ4n) is 4.59. The maximum atomic E-state index is 13.5. The van der Waals surface area contributed by atoms with Crippen LogP contribution in [-0.2, 0) is 9.59 Å². The number of anilines is 1. The monoisotopic (exact) mass is 500 g/mol. The first-order chi connectivity index (χ1) is 18.1.